The quantitative estimate of drug-likeness (QED) is 0.286. The molecule has 0 spiro atoms. The third kappa shape index (κ3) is 7.87. The van der Waals surface area contributed by atoms with Gasteiger partial charge in [-0.3, -0.25) is 0 Å². The van der Waals surface area contributed by atoms with Gasteiger partial charge < -0.3 is 18.9 Å². The van der Waals surface area contributed by atoms with Gasteiger partial charge in [0.25, 0.3) is 0 Å². The van der Waals surface area contributed by atoms with Crippen molar-refractivity contribution in [2.45, 2.75) is 47.0 Å². The first-order chi connectivity index (χ1) is 14.0. The summed E-state index contributed by atoms with van der Waals surface area (Å²) < 4.78 is 21.7. The molecule has 5 heteroatoms. The van der Waals surface area contributed by atoms with E-state index in [1.54, 1.807) is 12.1 Å². The van der Waals surface area contributed by atoms with E-state index in [-0.39, 0.29) is 0 Å². The van der Waals surface area contributed by atoms with Crippen LogP contribution in [0, 0.1) is 13.8 Å². The normalized spacial score (nSPS) is 10.8. The van der Waals surface area contributed by atoms with Gasteiger partial charge in [-0.25, -0.2) is 4.79 Å². The number of carbonyl (C=O) groups is 1. The maximum atomic E-state index is 12.2. The van der Waals surface area contributed by atoms with Gasteiger partial charge in [-0.1, -0.05) is 31.2 Å². The lowest BCUT2D eigenvalue weighted by Gasteiger charge is -2.12. The molecule has 0 N–H and O–H groups in total. The van der Waals surface area contributed by atoms with E-state index in [0.717, 1.165) is 48.1 Å². The average Bonchev–Trinajstić information content (AvgIpc) is 2.69. The van der Waals surface area contributed by atoms with E-state index < -0.39 is 6.16 Å². The summed E-state index contributed by atoms with van der Waals surface area (Å²) in [5, 5.41) is 0. The molecule has 0 radical (unpaired) electrons. The predicted octanol–water partition coefficient (Wildman–Crippen LogP) is 5.43. The Bertz CT molecular complexity index is 785. The minimum absolute atomic E-state index is 0.498. The topological polar surface area (TPSA) is 54.0 Å². The number of carbonyl (C=O) groups excluding carboxylic acids is 1. The van der Waals surface area contributed by atoms with Crippen LogP contribution in [0.2, 0.25) is 0 Å². The Hall–Kier alpha value is -2.37. The van der Waals surface area contributed by atoms with E-state index in [1.165, 1.54) is 0 Å². The minimum Gasteiger partial charge on any atom is -0.394 e. The monoisotopic (exact) mass is 400 g/mol. The predicted molar refractivity (Wildman–Crippen MR) is 114 cm³/mol. The maximum Gasteiger partial charge on any atom is 0.519 e. The number of aryl methyl sites for hydroxylation is 2. The smallest absolute Gasteiger partial charge is 0.394 e. The van der Waals surface area contributed by atoms with Crippen LogP contribution in [0.15, 0.2) is 36.4 Å². The fourth-order valence-electron chi connectivity index (χ4n) is 2.93. The van der Waals surface area contributed by atoms with E-state index in [4.69, 9.17) is 18.9 Å². The number of rotatable bonds is 11. The van der Waals surface area contributed by atoms with Crippen LogP contribution in [-0.4, -0.2) is 32.6 Å². The van der Waals surface area contributed by atoms with Gasteiger partial charge >= 0.3 is 6.16 Å². The summed E-state index contributed by atoms with van der Waals surface area (Å²) in [6.45, 7) is 10.7. The van der Waals surface area contributed by atoms with E-state index in [1.807, 2.05) is 45.0 Å². The molecule has 5 nitrogen and oxygen atoms in total. The van der Waals surface area contributed by atoms with Gasteiger partial charge in [0.2, 0.25) is 0 Å². The Labute approximate surface area is 173 Å². The van der Waals surface area contributed by atoms with Crippen LogP contribution in [0.1, 0.15) is 42.5 Å². The molecular weight excluding hydrogens is 368 g/mol. The number of ether oxygens (including phenoxy) is 4. The third-order valence-corrected chi connectivity index (χ3v) is 4.49. The molecule has 0 aromatic heterocycles. The van der Waals surface area contributed by atoms with Gasteiger partial charge in [0.15, 0.2) is 0 Å². The van der Waals surface area contributed by atoms with Crippen molar-refractivity contribution in [3.8, 4) is 11.5 Å². The van der Waals surface area contributed by atoms with Gasteiger partial charge in [0.1, 0.15) is 11.5 Å². The molecule has 29 heavy (non-hydrogen) atoms. The Morgan fingerprint density at radius 2 is 1.28 bits per heavy atom. The van der Waals surface area contributed by atoms with Crippen molar-refractivity contribution in [3.63, 3.8) is 0 Å². The SMILES string of the molecule is CCCOCCc1ccc(OC(=O)Oc2ccc(CCOCC)cc2C)c(C)c1. The lowest BCUT2D eigenvalue weighted by atomic mass is 10.1. The third-order valence-electron chi connectivity index (χ3n) is 4.49. The summed E-state index contributed by atoms with van der Waals surface area (Å²) in [7, 11) is 0. The lowest BCUT2D eigenvalue weighted by Crippen LogP contribution is -2.15. The fraction of sp³-hybridized carbons (Fsp3) is 0.458. The highest BCUT2D eigenvalue weighted by Crippen LogP contribution is 2.23. The fourth-order valence-corrected chi connectivity index (χ4v) is 2.93. The van der Waals surface area contributed by atoms with E-state index in [2.05, 4.69) is 6.92 Å². The molecule has 0 unspecified atom stereocenters. The average molecular weight is 401 g/mol. The molecule has 2 rings (SSSR count). The van der Waals surface area contributed by atoms with Crippen LogP contribution >= 0.6 is 0 Å². The van der Waals surface area contributed by atoms with Crippen molar-refractivity contribution >= 4 is 6.16 Å². The second-order valence-electron chi connectivity index (χ2n) is 6.96. The van der Waals surface area contributed by atoms with Crippen LogP contribution in [0.5, 0.6) is 11.5 Å². The van der Waals surface area contributed by atoms with Crippen LogP contribution in [0.4, 0.5) is 4.79 Å². The second-order valence-corrected chi connectivity index (χ2v) is 6.96. The highest BCUT2D eigenvalue weighted by atomic mass is 16.7. The molecule has 0 amide bonds. The summed E-state index contributed by atoms with van der Waals surface area (Å²) in [5.74, 6) is 0.997. The zero-order valence-electron chi connectivity index (χ0n) is 18.0. The van der Waals surface area contributed by atoms with Crippen molar-refractivity contribution in [3.05, 3.63) is 58.7 Å². The standard InChI is InChI=1S/C24H32O5/c1-5-13-27-15-12-21-8-10-23(19(4)17-21)29-24(25)28-22-9-7-20(16-18(22)3)11-14-26-6-2/h7-10,16-17H,5-6,11-15H2,1-4H3. The van der Waals surface area contributed by atoms with E-state index >= 15 is 0 Å². The molecule has 2 aromatic carbocycles. The molecule has 0 aliphatic heterocycles. The van der Waals surface area contributed by atoms with E-state index in [0.29, 0.717) is 31.3 Å². The first-order valence-electron chi connectivity index (χ1n) is 10.3. The molecule has 2 aromatic rings. The first kappa shape index (κ1) is 22.9. The molecule has 0 saturated carbocycles. The zero-order chi connectivity index (χ0) is 21.1. The van der Waals surface area contributed by atoms with Crippen LogP contribution in [0.25, 0.3) is 0 Å². The Balaban J connectivity index is 1.90. The van der Waals surface area contributed by atoms with Crippen molar-refractivity contribution in [2.75, 3.05) is 26.4 Å². The summed E-state index contributed by atoms with van der Waals surface area (Å²) >= 11 is 0. The Kier molecular flexibility index (Phi) is 9.68. The lowest BCUT2D eigenvalue weighted by molar-refractivity contribution is 0.138. The van der Waals surface area contributed by atoms with Gasteiger partial charge in [0, 0.05) is 13.2 Å². The first-order valence-corrected chi connectivity index (χ1v) is 10.3. The molecule has 0 aliphatic rings. The summed E-state index contributed by atoms with van der Waals surface area (Å²) in [5.41, 5.74) is 4.07. The van der Waals surface area contributed by atoms with Crippen molar-refractivity contribution < 1.29 is 23.7 Å². The minimum atomic E-state index is -0.739. The zero-order valence-corrected chi connectivity index (χ0v) is 18.0. The molecule has 0 fully saturated rings. The molecule has 0 bridgehead atoms. The molecule has 0 heterocycles. The van der Waals surface area contributed by atoms with Crippen molar-refractivity contribution in [2.24, 2.45) is 0 Å². The van der Waals surface area contributed by atoms with Gasteiger partial charge in [0.05, 0.1) is 13.2 Å². The number of benzene rings is 2. The molecular formula is C24H32O5. The second kappa shape index (κ2) is 12.2. The van der Waals surface area contributed by atoms with Crippen molar-refractivity contribution in [1.82, 2.24) is 0 Å². The largest absolute Gasteiger partial charge is 0.519 e. The Morgan fingerprint density at radius 3 is 1.72 bits per heavy atom. The molecule has 158 valence electrons. The number of hydrogen-bond donors (Lipinski definition) is 0. The highest BCUT2D eigenvalue weighted by Gasteiger charge is 2.12. The van der Waals surface area contributed by atoms with E-state index in [9.17, 15) is 4.79 Å². The van der Waals surface area contributed by atoms with Crippen molar-refractivity contribution in [1.29, 1.82) is 0 Å². The van der Waals surface area contributed by atoms with Gasteiger partial charge in [-0.15, -0.1) is 0 Å². The highest BCUT2D eigenvalue weighted by molar-refractivity contribution is 5.68. The summed E-state index contributed by atoms with van der Waals surface area (Å²) in [6, 6.07) is 11.5. The number of hydrogen-bond acceptors (Lipinski definition) is 5. The van der Waals surface area contributed by atoms with Gasteiger partial charge in [-0.2, -0.15) is 0 Å². The van der Waals surface area contributed by atoms with Gasteiger partial charge in [-0.05, 0) is 74.4 Å². The molecule has 0 atom stereocenters. The van der Waals surface area contributed by atoms with Crippen LogP contribution in [-0.2, 0) is 22.3 Å². The Morgan fingerprint density at radius 1 is 0.759 bits per heavy atom. The molecule has 0 aliphatic carbocycles. The summed E-state index contributed by atoms with van der Waals surface area (Å²) in [4.78, 5) is 12.2. The van der Waals surface area contributed by atoms with Crippen LogP contribution < -0.4 is 9.47 Å². The summed E-state index contributed by atoms with van der Waals surface area (Å²) in [6.07, 6.45) is 1.94. The van der Waals surface area contributed by atoms with Crippen LogP contribution in [0.3, 0.4) is 0 Å². The maximum absolute atomic E-state index is 12.2. The molecule has 0 saturated heterocycles.